The molecule has 0 amide bonds. The molecule has 0 aliphatic rings. The SMILES string of the molecule is Cc1ccc2c(n1)sc1c(-c3nc4c5ccccc5c5ccccc5c4n3-c3c(C)cc4c(oc5ccccc54)c3C)[c-]ccc12.[2H]C([2H])(c1cc(-c2[c-]ccc(C(C)(C)C)c2)nc[c]1[Ge]([CH3])([CH3])[CH3])C(C)(C)C.[Ir]. The van der Waals surface area contributed by atoms with Crippen LogP contribution in [0.4, 0.5) is 0 Å². The number of nitrogens with zero attached hydrogens (tertiary/aromatic N) is 4. The zero-order valence-corrected chi connectivity index (χ0v) is 48.5. The second-order valence-corrected chi connectivity index (χ2v) is 33.8. The summed E-state index contributed by atoms with van der Waals surface area (Å²) in [6, 6.07) is 51.5. The molecule has 12 aromatic rings. The van der Waals surface area contributed by atoms with E-state index in [4.69, 9.17) is 22.1 Å². The molecule has 7 aromatic carbocycles. The second-order valence-electron chi connectivity index (χ2n) is 22.2. The molecule has 0 unspecified atom stereocenters. The Kier molecular flexibility index (Phi) is 12.1. The van der Waals surface area contributed by atoms with Crippen LogP contribution in [0.2, 0.25) is 17.3 Å². The number of thiophene rings is 1. The Hall–Kier alpha value is -5.96. The third kappa shape index (κ3) is 8.80. The van der Waals surface area contributed by atoms with E-state index in [0.29, 0.717) is 0 Å². The Morgan fingerprint density at radius 3 is 2.07 bits per heavy atom. The van der Waals surface area contributed by atoms with Crippen LogP contribution in [-0.4, -0.2) is 32.8 Å². The maximum Gasteiger partial charge on any atom is 0 e. The van der Waals surface area contributed by atoms with Gasteiger partial charge in [-0.3, -0.25) is 4.98 Å². The summed E-state index contributed by atoms with van der Waals surface area (Å²) in [6.45, 7) is 18.9. The van der Waals surface area contributed by atoms with Gasteiger partial charge in [0.2, 0.25) is 0 Å². The molecule has 5 aromatic heterocycles. The van der Waals surface area contributed by atoms with Gasteiger partial charge in [-0.1, -0.05) is 83.7 Å². The molecule has 5 heterocycles. The third-order valence-electron chi connectivity index (χ3n) is 13.6. The van der Waals surface area contributed by atoms with E-state index < -0.39 is 25.1 Å². The van der Waals surface area contributed by atoms with E-state index >= 15 is 0 Å². The van der Waals surface area contributed by atoms with Crippen molar-refractivity contribution in [1.82, 2.24) is 19.5 Å². The van der Waals surface area contributed by atoms with Gasteiger partial charge in [0.05, 0.1) is 16.9 Å². The van der Waals surface area contributed by atoms with Gasteiger partial charge in [0.1, 0.15) is 16.0 Å². The van der Waals surface area contributed by atoms with Gasteiger partial charge >= 0.3 is 160 Å². The molecule has 0 saturated carbocycles. The number of benzene rings is 7. The number of pyridine rings is 2. The van der Waals surface area contributed by atoms with Crippen molar-refractivity contribution >= 4 is 104 Å². The smallest absolute Gasteiger partial charge is 0 e. The summed E-state index contributed by atoms with van der Waals surface area (Å²) < 4.78 is 29.0. The summed E-state index contributed by atoms with van der Waals surface area (Å²) >= 11 is -0.572. The zero-order valence-electron chi connectivity index (χ0n) is 45.1. The summed E-state index contributed by atoms with van der Waals surface area (Å²) in [4.78, 5) is 16.2. The van der Waals surface area contributed by atoms with Crippen molar-refractivity contribution in [1.29, 1.82) is 0 Å². The van der Waals surface area contributed by atoms with Crippen LogP contribution in [0.1, 0.15) is 72.2 Å². The van der Waals surface area contributed by atoms with Crippen molar-refractivity contribution < 1.29 is 27.3 Å². The molecule has 0 N–H and O–H groups in total. The van der Waals surface area contributed by atoms with Gasteiger partial charge in [-0.05, 0) is 65.4 Å². The van der Waals surface area contributed by atoms with Gasteiger partial charge in [-0.25, -0.2) is 4.98 Å². The molecule has 72 heavy (non-hydrogen) atoms. The van der Waals surface area contributed by atoms with Crippen molar-refractivity contribution in [2.75, 3.05) is 0 Å². The molecule has 0 aliphatic carbocycles. The van der Waals surface area contributed by atoms with Crippen LogP contribution in [0.25, 0.3) is 103 Å². The van der Waals surface area contributed by atoms with Gasteiger partial charge < -0.3 is 8.98 Å². The monoisotopic (exact) mass is 1200 g/mol. The van der Waals surface area contributed by atoms with Crippen LogP contribution in [0.3, 0.4) is 0 Å². The van der Waals surface area contributed by atoms with Crippen molar-refractivity contribution in [3.05, 3.63) is 174 Å². The molecule has 1 radical (unpaired) electrons. The second kappa shape index (κ2) is 18.5. The molecular formula is C64H60GeIrN4OS-2. The van der Waals surface area contributed by atoms with E-state index in [9.17, 15) is 0 Å². The van der Waals surface area contributed by atoms with Gasteiger partial charge in [-0.15, -0.1) is 18.2 Å². The normalized spacial score (nSPS) is 13.0. The first kappa shape index (κ1) is 47.1. The molecule has 0 fully saturated rings. The average Bonchev–Trinajstić information content (AvgIpc) is 4.05. The largest absolute Gasteiger partial charge is 0 e. The number of imidazole rings is 1. The van der Waals surface area contributed by atoms with Crippen LogP contribution in [0, 0.1) is 38.3 Å². The summed E-state index contributed by atoms with van der Waals surface area (Å²) in [6.07, 6.45) is 0.506. The summed E-state index contributed by atoms with van der Waals surface area (Å²) in [5, 5.41) is 9.32. The number of fused-ring (bicyclic) bond motifs is 12. The van der Waals surface area contributed by atoms with E-state index in [1.165, 1.54) is 27.1 Å². The third-order valence-corrected chi connectivity index (χ3v) is 19.0. The first-order valence-corrected chi connectivity index (χ1v) is 32.8. The van der Waals surface area contributed by atoms with Crippen molar-refractivity contribution in [2.24, 2.45) is 5.41 Å². The fraction of sp³-hybridized carbons (Fsp3) is 0.234. The number of aryl methyl sites for hydroxylation is 3. The van der Waals surface area contributed by atoms with Crippen LogP contribution >= 0.6 is 11.3 Å². The molecular weight excluding hydrogens is 1140 g/mol. The van der Waals surface area contributed by atoms with E-state index in [1.807, 2.05) is 64.2 Å². The van der Waals surface area contributed by atoms with Crippen LogP contribution < -0.4 is 4.40 Å². The first-order chi connectivity index (χ1) is 34.6. The van der Waals surface area contributed by atoms with E-state index in [1.54, 1.807) is 11.3 Å². The number of furan rings is 1. The molecule has 12 rings (SSSR count). The molecule has 8 heteroatoms. The van der Waals surface area contributed by atoms with Gasteiger partial charge in [-0.2, -0.15) is 11.3 Å². The van der Waals surface area contributed by atoms with Crippen molar-refractivity contribution in [3.63, 3.8) is 0 Å². The minimum Gasteiger partial charge on any atom is 0 e. The fourth-order valence-electron chi connectivity index (χ4n) is 10.3. The number of hydrogen-bond acceptors (Lipinski definition) is 5. The Labute approximate surface area is 446 Å². The zero-order chi connectivity index (χ0) is 51.5. The summed E-state index contributed by atoms with van der Waals surface area (Å²) in [5.41, 5.74) is 12.5. The van der Waals surface area contributed by atoms with Gasteiger partial charge in [0, 0.05) is 58.6 Å². The van der Waals surface area contributed by atoms with Gasteiger partial charge in [0.25, 0.3) is 0 Å². The summed E-state index contributed by atoms with van der Waals surface area (Å²) in [5.74, 6) is 7.76. The maximum absolute atomic E-state index is 8.90. The Bertz CT molecular complexity index is 4190. The summed E-state index contributed by atoms with van der Waals surface area (Å²) in [7, 11) is 0. The Balaban J connectivity index is 0.000000193. The van der Waals surface area contributed by atoms with Crippen molar-refractivity contribution in [2.45, 2.75) is 91.4 Å². The maximum atomic E-state index is 8.90. The van der Waals surface area contributed by atoms with Crippen LogP contribution in [0.15, 0.2) is 138 Å². The fourth-order valence-corrected chi connectivity index (χ4v) is 14.4. The van der Waals surface area contributed by atoms with Crippen LogP contribution in [0.5, 0.6) is 0 Å². The predicted octanol–water partition coefficient (Wildman–Crippen LogP) is 17.4. The Morgan fingerprint density at radius 2 is 1.36 bits per heavy atom. The number of para-hydroxylation sites is 1. The number of hydrogen-bond donors (Lipinski definition) is 0. The molecule has 363 valence electrons. The molecule has 0 spiro atoms. The average molecular weight is 1200 g/mol. The minimum absolute atomic E-state index is 0. The number of aromatic nitrogens is 4. The standard InChI is InChI=1S/C41H26N3OS.C23H34GeN.Ir/c1-22-21-33-27-13-8-9-18-34(27)45-38(33)24(3)36(22)44-37-29-15-7-5-12-26(29)25-11-4-6-14-28(25)35(37)43-40(44)32-17-10-16-30-31-20-19-23(2)42-41(31)46-39(30)32;1-22(2,3)15-18-14-21(25-16-20(18)24(7,8)9)17-11-10-12-19(13-17)23(4,5)6;/h4-16,18-21H,1-3H3;10,12-14,16H,15H2,1-9H3;/q2*-1;/i;15D2;. The quantitative estimate of drug-likeness (QED) is 0.0979. The molecule has 5 nitrogen and oxygen atoms in total. The van der Waals surface area contributed by atoms with Crippen molar-refractivity contribution in [3.8, 4) is 28.3 Å². The number of rotatable bonds is 5. The predicted molar refractivity (Wildman–Crippen MR) is 306 cm³/mol. The Morgan fingerprint density at radius 1 is 0.694 bits per heavy atom. The van der Waals surface area contributed by atoms with E-state index in [-0.39, 0.29) is 25.5 Å². The molecule has 0 aliphatic heterocycles. The molecule has 0 saturated heterocycles. The molecule has 0 bridgehead atoms. The van der Waals surface area contributed by atoms with Crippen LogP contribution in [-0.2, 0) is 31.9 Å². The first-order valence-electron chi connectivity index (χ1n) is 25.6. The topological polar surface area (TPSA) is 56.7 Å². The van der Waals surface area contributed by atoms with E-state index in [2.05, 4.69) is 166 Å². The van der Waals surface area contributed by atoms with Gasteiger partial charge in [0.15, 0.2) is 0 Å². The minimum atomic E-state index is -2.29. The van der Waals surface area contributed by atoms with E-state index in [0.717, 1.165) is 108 Å². The molecule has 0 atom stereocenters.